The molecule has 0 atom stereocenters. The predicted molar refractivity (Wildman–Crippen MR) is 167 cm³/mol. The molecule has 0 saturated heterocycles. The van der Waals surface area contributed by atoms with E-state index in [2.05, 4.69) is 10.6 Å². The molecule has 0 bridgehead atoms. The Bertz CT molecular complexity index is 1950. The fraction of sp³-hybridized carbons (Fsp3) is 0.188. The first-order valence-electron chi connectivity index (χ1n) is 13.8. The number of anilines is 4. The molecule has 0 saturated carbocycles. The van der Waals surface area contributed by atoms with Crippen molar-refractivity contribution in [3.05, 3.63) is 105 Å². The SMILES string of the molecule is CCc1c(S(=O)(=O)O)ccc(C)c1Nc1ccc(Nc2c(C)ccc(S(=O)(=O)O)c2CC)c2c1C(=O)c1ccccc1C2=O. The van der Waals surface area contributed by atoms with Crippen LogP contribution in [0.3, 0.4) is 0 Å². The van der Waals surface area contributed by atoms with Gasteiger partial charge in [0.05, 0.1) is 32.3 Å². The quantitative estimate of drug-likeness (QED) is 0.145. The summed E-state index contributed by atoms with van der Waals surface area (Å²) in [5, 5.41) is 6.36. The van der Waals surface area contributed by atoms with E-state index in [0.717, 1.165) is 0 Å². The van der Waals surface area contributed by atoms with Crippen LogP contribution in [0.15, 0.2) is 70.5 Å². The summed E-state index contributed by atoms with van der Waals surface area (Å²) in [7, 11) is -9.10. The van der Waals surface area contributed by atoms with Gasteiger partial charge in [-0.3, -0.25) is 18.7 Å². The Labute approximate surface area is 255 Å². The Morgan fingerprint density at radius 3 is 1.27 bits per heavy atom. The van der Waals surface area contributed by atoms with Gasteiger partial charge in [0.15, 0.2) is 11.6 Å². The number of nitrogens with one attached hydrogen (secondary N) is 2. The molecule has 4 aromatic rings. The van der Waals surface area contributed by atoms with Crippen LogP contribution in [-0.4, -0.2) is 37.5 Å². The number of aryl methyl sites for hydroxylation is 2. The van der Waals surface area contributed by atoms with Gasteiger partial charge in [0.2, 0.25) is 0 Å². The smallest absolute Gasteiger partial charge is 0.294 e. The van der Waals surface area contributed by atoms with Gasteiger partial charge in [-0.2, -0.15) is 16.8 Å². The molecule has 0 amide bonds. The standard InChI is InChI=1S/C32H30N2O8S2/c1-5-19-25(43(37,38)39)15-11-17(3)29(19)33-23-13-14-24(28-27(23)31(35)21-9-7-8-10-22(21)32(28)36)34-30-18(4)12-16-26(20(30)6-2)44(40,41)42/h7-16,33-34H,5-6H2,1-4H3,(H,37,38,39)(H,40,41,42). The van der Waals surface area contributed by atoms with Crippen LogP contribution in [0.1, 0.15) is 67.9 Å². The average molecular weight is 635 g/mol. The Kier molecular flexibility index (Phi) is 7.97. The van der Waals surface area contributed by atoms with Crippen molar-refractivity contribution >= 4 is 54.6 Å². The lowest BCUT2D eigenvalue weighted by atomic mass is 9.82. The number of fused-ring (bicyclic) bond motifs is 2. The molecule has 12 heteroatoms. The number of hydrogen-bond donors (Lipinski definition) is 4. The molecule has 4 N–H and O–H groups in total. The Morgan fingerprint density at radius 1 is 0.591 bits per heavy atom. The Balaban J connectivity index is 1.76. The molecular formula is C32H30N2O8S2. The van der Waals surface area contributed by atoms with Crippen LogP contribution < -0.4 is 10.6 Å². The van der Waals surface area contributed by atoms with Crippen molar-refractivity contribution in [1.82, 2.24) is 0 Å². The second-order valence-corrected chi connectivity index (χ2v) is 13.3. The summed E-state index contributed by atoms with van der Waals surface area (Å²) < 4.78 is 68.3. The topological polar surface area (TPSA) is 167 Å². The highest BCUT2D eigenvalue weighted by Gasteiger charge is 2.35. The zero-order valence-electron chi connectivity index (χ0n) is 24.3. The van der Waals surface area contributed by atoms with Gasteiger partial charge in [0.1, 0.15) is 0 Å². The highest BCUT2D eigenvalue weighted by atomic mass is 32.2. The van der Waals surface area contributed by atoms with Crippen LogP contribution in [0.25, 0.3) is 0 Å². The van der Waals surface area contributed by atoms with Crippen molar-refractivity contribution in [3.8, 4) is 0 Å². The van der Waals surface area contributed by atoms with E-state index in [1.165, 1.54) is 24.3 Å². The summed E-state index contributed by atoms with van der Waals surface area (Å²) in [6, 6.07) is 15.3. The molecule has 0 aliphatic heterocycles. The molecule has 0 fully saturated rings. The minimum absolute atomic E-state index is 0.0408. The molecule has 0 unspecified atom stereocenters. The molecule has 5 rings (SSSR count). The first-order valence-corrected chi connectivity index (χ1v) is 16.7. The first-order chi connectivity index (χ1) is 20.7. The molecular weight excluding hydrogens is 604 g/mol. The van der Waals surface area contributed by atoms with Gasteiger partial charge in [-0.1, -0.05) is 50.2 Å². The van der Waals surface area contributed by atoms with Gasteiger partial charge in [-0.25, -0.2) is 0 Å². The van der Waals surface area contributed by atoms with E-state index in [9.17, 15) is 35.5 Å². The zero-order valence-corrected chi connectivity index (χ0v) is 26.0. The largest absolute Gasteiger partial charge is 0.354 e. The van der Waals surface area contributed by atoms with Crippen LogP contribution in [0.4, 0.5) is 22.7 Å². The van der Waals surface area contributed by atoms with Crippen molar-refractivity contribution in [1.29, 1.82) is 0 Å². The maximum absolute atomic E-state index is 14.0. The van der Waals surface area contributed by atoms with Crippen LogP contribution >= 0.6 is 0 Å². The third-order valence-corrected chi connectivity index (χ3v) is 9.69. The lowest BCUT2D eigenvalue weighted by Gasteiger charge is -2.26. The third-order valence-electron chi connectivity index (χ3n) is 7.81. The second kappa shape index (κ2) is 11.3. The number of hydrogen-bond acceptors (Lipinski definition) is 8. The lowest BCUT2D eigenvalue weighted by molar-refractivity contribution is 0.0980. The number of benzene rings is 4. The summed E-state index contributed by atoms with van der Waals surface area (Å²) in [6.45, 7) is 6.96. The van der Waals surface area contributed by atoms with E-state index in [4.69, 9.17) is 0 Å². The molecule has 0 radical (unpaired) electrons. The third kappa shape index (κ3) is 5.30. The van der Waals surface area contributed by atoms with Crippen molar-refractivity contribution in [2.45, 2.75) is 50.3 Å². The maximum atomic E-state index is 14.0. The summed E-state index contributed by atoms with van der Waals surface area (Å²) in [6.07, 6.45) is 0.472. The van der Waals surface area contributed by atoms with Gasteiger partial charge >= 0.3 is 0 Å². The molecule has 0 heterocycles. The fourth-order valence-corrected chi connectivity index (χ4v) is 7.32. The van der Waals surface area contributed by atoms with Gasteiger partial charge in [-0.15, -0.1) is 0 Å². The fourth-order valence-electron chi connectivity index (χ4n) is 5.73. The van der Waals surface area contributed by atoms with E-state index in [1.807, 2.05) is 0 Å². The van der Waals surface area contributed by atoms with E-state index in [0.29, 0.717) is 33.6 Å². The molecule has 1 aliphatic rings. The normalized spacial score (nSPS) is 13.0. The van der Waals surface area contributed by atoms with Crippen molar-refractivity contribution in [2.75, 3.05) is 10.6 Å². The molecule has 44 heavy (non-hydrogen) atoms. The molecule has 10 nitrogen and oxygen atoms in total. The molecule has 0 spiro atoms. The zero-order chi connectivity index (χ0) is 32.1. The van der Waals surface area contributed by atoms with Crippen LogP contribution in [0, 0.1) is 13.8 Å². The van der Waals surface area contributed by atoms with Crippen LogP contribution in [-0.2, 0) is 33.1 Å². The van der Waals surface area contributed by atoms with Gasteiger partial charge in [0, 0.05) is 22.5 Å². The number of carbonyl (C=O) groups excluding carboxylic acids is 2. The van der Waals surface area contributed by atoms with E-state index in [1.54, 1.807) is 64.1 Å². The van der Waals surface area contributed by atoms with Gasteiger partial charge < -0.3 is 10.6 Å². The predicted octanol–water partition coefficient (Wildman–Crippen LogP) is 6.18. The van der Waals surface area contributed by atoms with E-state index in [-0.39, 0.29) is 56.3 Å². The summed E-state index contributed by atoms with van der Waals surface area (Å²) in [4.78, 5) is 27.5. The minimum Gasteiger partial charge on any atom is -0.354 e. The van der Waals surface area contributed by atoms with Crippen LogP contribution in [0.2, 0.25) is 0 Å². The highest BCUT2D eigenvalue weighted by Crippen LogP contribution is 2.41. The van der Waals surface area contributed by atoms with Gasteiger partial charge in [0.25, 0.3) is 20.2 Å². The van der Waals surface area contributed by atoms with Crippen LogP contribution in [0.5, 0.6) is 0 Å². The van der Waals surface area contributed by atoms with Crippen molar-refractivity contribution in [3.63, 3.8) is 0 Å². The number of carbonyl (C=O) groups is 2. The summed E-state index contributed by atoms with van der Waals surface area (Å²) in [5.74, 6) is -0.885. The lowest BCUT2D eigenvalue weighted by Crippen LogP contribution is -2.24. The molecule has 0 aromatic heterocycles. The molecule has 4 aromatic carbocycles. The van der Waals surface area contributed by atoms with Crippen molar-refractivity contribution in [2.24, 2.45) is 0 Å². The minimum atomic E-state index is -4.55. The number of ketones is 2. The Hall–Kier alpha value is -4.36. The second-order valence-electron chi connectivity index (χ2n) is 10.5. The number of rotatable bonds is 8. The van der Waals surface area contributed by atoms with Gasteiger partial charge in [-0.05, 0) is 73.2 Å². The van der Waals surface area contributed by atoms with Crippen molar-refractivity contribution < 1.29 is 35.5 Å². The summed E-state index contributed by atoms with van der Waals surface area (Å²) in [5.41, 5.74) is 3.60. The maximum Gasteiger partial charge on any atom is 0.294 e. The average Bonchev–Trinajstić information content (AvgIpc) is 2.96. The van der Waals surface area contributed by atoms with E-state index < -0.39 is 31.8 Å². The van der Waals surface area contributed by atoms with E-state index >= 15 is 0 Å². The Morgan fingerprint density at radius 2 is 0.955 bits per heavy atom. The summed E-state index contributed by atoms with van der Waals surface area (Å²) >= 11 is 0. The molecule has 228 valence electrons. The first kappa shape index (κ1) is 31.1. The highest BCUT2D eigenvalue weighted by molar-refractivity contribution is 7.86. The monoisotopic (exact) mass is 634 g/mol. The molecule has 1 aliphatic carbocycles.